The van der Waals surface area contributed by atoms with Crippen molar-refractivity contribution in [1.82, 2.24) is 10.2 Å². The van der Waals surface area contributed by atoms with Crippen LogP contribution >= 0.6 is 11.6 Å². The van der Waals surface area contributed by atoms with E-state index in [2.05, 4.69) is 43.1 Å². The molecule has 1 aromatic rings. The second-order valence-corrected chi connectivity index (χ2v) is 5.74. The van der Waals surface area contributed by atoms with Crippen LogP contribution in [0.2, 0.25) is 5.02 Å². The predicted molar refractivity (Wildman–Crippen MR) is 86.3 cm³/mol. The van der Waals surface area contributed by atoms with E-state index in [1.807, 2.05) is 12.1 Å². The van der Waals surface area contributed by atoms with Gasteiger partial charge >= 0.3 is 0 Å². The normalized spacial score (nSPS) is 13.2. The van der Waals surface area contributed by atoms with E-state index in [9.17, 15) is 0 Å². The molecule has 1 aromatic carbocycles. The van der Waals surface area contributed by atoms with Gasteiger partial charge in [0.15, 0.2) is 0 Å². The Balaban J connectivity index is 2.64. The summed E-state index contributed by atoms with van der Waals surface area (Å²) in [7, 11) is 0. The van der Waals surface area contributed by atoms with Crippen LogP contribution in [-0.4, -0.2) is 42.3 Å². The fraction of sp³-hybridized carbons (Fsp3) is 0.625. The van der Waals surface area contributed by atoms with Gasteiger partial charge in [0, 0.05) is 30.2 Å². The van der Waals surface area contributed by atoms with Crippen LogP contribution in [0.4, 0.5) is 0 Å². The van der Waals surface area contributed by atoms with Crippen LogP contribution in [-0.2, 0) is 0 Å². The largest absolute Gasteiger partial charge is 0.395 e. The highest BCUT2D eigenvalue weighted by Crippen LogP contribution is 2.20. The van der Waals surface area contributed by atoms with Crippen molar-refractivity contribution in [3.63, 3.8) is 0 Å². The smallest absolute Gasteiger partial charge is 0.0558 e. The number of hydrogen-bond acceptors (Lipinski definition) is 3. The van der Waals surface area contributed by atoms with Crippen molar-refractivity contribution < 1.29 is 5.11 Å². The van der Waals surface area contributed by atoms with E-state index in [4.69, 9.17) is 16.7 Å². The zero-order valence-corrected chi connectivity index (χ0v) is 13.5. The molecule has 0 amide bonds. The topological polar surface area (TPSA) is 35.5 Å². The minimum atomic E-state index is 0.213. The molecule has 1 rings (SSSR count). The quantitative estimate of drug-likeness (QED) is 0.735. The molecule has 4 heteroatoms. The lowest BCUT2D eigenvalue weighted by Gasteiger charge is -2.28. The van der Waals surface area contributed by atoms with E-state index in [0.717, 1.165) is 31.1 Å². The van der Waals surface area contributed by atoms with Crippen LogP contribution in [0.15, 0.2) is 24.3 Å². The van der Waals surface area contributed by atoms with E-state index in [0.29, 0.717) is 12.1 Å². The Labute approximate surface area is 127 Å². The molecule has 0 aliphatic heterocycles. The molecule has 1 unspecified atom stereocenters. The third-order valence-corrected chi connectivity index (χ3v) is 3.80. The molecular formula is C16H27ClN2O. The van der Waals surface area contributed by atoms with Crippen LogP contribution in [0.5, 0.6) is 0 Å². The number of rotatable bonds is 9. The maximum Gasteiger partial charge on any atom is 0.0558 e. The van der Waals surface area contributed by atoms with E-state index in [-0.39, 0.29) is 6.61 Å². The average Bonchev–Trinajstić information content (AvgIpc) is 2.42. The van der Waals surface area contributed by atoms with Crippen LogP contribution in [0.25, 0.3) is 0 Å². The molecule has 20 heavy (non-hydrogen) atoms. The lowest BCUT2D eigenvalue weighted by Crippen LogP contribution is -2.36. The molecule has 0 aliphatic rings. The van der Waals surface area contributed by atoms with E-state index in [1.54, 1.807) is 0 Å². The summed E-state index contributed by atoms with van der Waals surface area (Å²) in [6, 6.07) is 8.83. The molecular weight excluding hydrogens is 272 g/mol. The molecule has 0 aromatic heterocycles. The SMILES string of the molecule is CCNC(CCN(CCO)C(C)C)c1ccc(Cl)cc1. The van der Waals surface area contributed by atoms with Gasteiger partial charge in [0.25, 0.3) is 0 Å². The Morgan fingerprint density at radius 2 is 1.85 bits per heavy atom. The summed E-state index contributed by atoms with van der Waals surface area (Å²) in [5.41, 5.74) is 1.27. The van der Waals surface area contributed by atoms with Gasteiger partial charge in [0.2, 0.25) is 0 Å². The van der Waals surface area contributed by atoms with Crippen molar-refractivity contribution >= 4 is 11.6 Å². The Morgan fingerprint density at radius 1 is 1.20 bits per heavy atom. The van der Waals surface area contributed by atoms with E-state index >= 15 is 0 Å². The number of nitrogens with zero attached hydrogens (tertiary/aromatic N) is 1. The molecule has 2 N–H and O–H groups in total. The van der Waals surface area contributed by atoms with E-state index < -0.39 is 0 Å². The van der Waals surface area contributed by atoms with Crippen molar-refractivity contribution in [2.45, 2.75) is 39.3 Å². The van der Waals surface area contributed by atoms with Crippen LogP contribution in [0, 0.1) is 0 Å². The van der Waals surface area contributed by atoms with Gasteiger partial charge in [-0.1, -0.05) is 30.7 Å². The average molecular weight is 299 g/mol. The van der Waals surface area contributed by atoms with Gasteiger partial charge < -0.3 is 10.4 Å². The predicted octanol–water partition coefficient (Wildman–Crippen LogP) is 3.08. The van der Waals surface area contributed by atoms with Crippen molar-refractivity contribution in [2.24, 2.45) is 0 Å². The van der Waals surface area contributed by atoms with Crippen LogP contribution in [0.3, 0.4) is 0 Å². The fourth-order valence-electron chi connectivity index (χ4n) is 2.38. The number of nitrogens with one attached hydrogen (secondary N) is 1. The molecule has 0 radical (unpaired) electrons. The Hall–Kier alpha value is -0.610. The summed E-state index contributed by atoms with van der Waals surface area (Å²) in [6.45, 7) is 9.31. The Bertz CT molecular complexity index is 367. The maximum absolute atomic E-state index is 9.13. The number of halogens is 1. The highest BCUT2D eigenvalue weighted by molar-refractivity contribution is 6.30. The molecule has 0 bridgehead atoms. The first-order valence-corrected chi connectivity index (χ1v) is 7.80. The molecule has 1 atom stereocenters. The zero-order chi connectivity index (χ0) is 15.0. The second-order valence-electron chi connectivity index (χ2n) is 5.30. The number of hydrogen-bond donors (Lipinski definition) is 2. The van der Waals surface area contributed by atoms with Gasteiger partial charge in [0.05, 0.1) is 6.61 Å². The van der Waals surface area contributed by atoms with Gasteiger partial charge in [-0.2, -0.15) is 0 Å². The second kappa shape index (κ2) is 9.35. The number of aliphatic hydroxyl groups is 1. The first-order valence-electron chi connectivity index (χ1n) is 7.42. The summed E-state index contributed by atoms with van der Waals surface area (Å²) in [5, 5.41) is 13.4. The standard InChI is InChI=1S/C16H27ClN2O/c1-4-18-16(14-5-7-15(17)8-6-14)9-10-19(11-12-20)13(2)3/h5-8,13,16,18,20H,4,9-12H2,1-3H3. The van der Waals surface area contributed by atoms with Gasteiger partial charge in [0.1, 0.15) is 0 Å². The summed E-state index contributed by atoms with van der Waals surface area (Å²) in [5.74, 6) is 0. The van der Waals surface area contributed by atoms with Gasteiger partial charge in [-0.15, -0.1) is 0 Å². The van der Waals surface area contributed by atoms with Gasteiger partial charge in [-0.25, -0.2) is 0 Å². The summed E-state index contributed by atoms with van der Waals surface area (Å²) in [4.78, 5) is 2.31. The number of benzene rings is 1. The molecule has 0 heterocycles. The Kier molecular flexibility index (Phi) is 8.15. The molecule has 114 valence electrons. The third kappa shape index (κ3) is 5.80. The molecule has 0 aliphatic carbocycles. The summed E-state index contributed by atoms with van der Waals surface area (Å²) in [6.07, 6.45) is 1.02. The minimum Gasteiger partial charge on any atom is -0.395 e. The van der Waals surface area contributed by atoms with E-state index in [1.165, 1.54) is 5.56 Å². The Morgan fingerprint density at radius 3 is 2.35 bits per heavy atom. The highest BCUT2D eigenvalue weighted by Gasteiger charge is 2.14. The summed E-state index contributed by atoms with van der Waals surface area (Å²) < 4.78 is 0. The van der Waals surface area contributed by atoms with Crippen molar-refractivity contribution in [1.29, 1.82) is 0 Å². The maximum atomic E-state index is 9.13. The zero-order valence-electron chi connectivity index (χ0n) is 12.8. The van der Waals surface area contributed by atoms with Crippen molar-refractivity contribution in [3.8, 4) is 0 Å². The third-order valence-electron chi connectivity index (χ3n) is 3.55. The van der Waals surface area contributed by atoms with Crippen LogP contribution < -0.4 is 5.32 Å². The first-order chi connectivity index (χ1) is 9.58. The van der Waals surface area contributed by atoms with Crippen molar-refractivity contribution in [3.05, 3.63) is 34.9 Å². The van der Waals surface area contributed by atoms with Gasteiger partial charge in [-0.05, 0) is 44.5 Å². The minimum absolute atomic E-state index is 0.213. The molecule has 3 nitrogen and oxygen atoms in total. The summed E-state index contributed by atoms with van der Waals surface area (Å²) >= 11 is 5.95. The first kappa shape index (κ1) is 17.4. The fourth-order valence-corrected chi connectivity index (χ4v) is 2.51. The molecule has 0 saturated carbocycles. The lowest BCUT2D eigenvalue weighted by atomic mass is 10.0. The molecule has 0 saturated heterocycles. The molecule has 0 spiro atoms. The highest BCUT2D eigenvalue weighted by atomic mass is 35.5. The lowest BCUT2D eigenvalue weighted by molar-refractivity contribution is 0.159. The van der Waals surface area contributed by atoms with Gasteiger partial charge in [-0.3, -0.25) is 4.90 Å². The monoisotopic (exact) mass is 298 g/mol. The molecule has 0 fully saturated rings. The van der Waals surface area contributed by atoms with Crippen molar-refractivity contribution in [2.75, 3.05) is 26.2 Å². The number of aliphatic hydroxyl groups excluding tert-OH is 1. The van der Waals surface area contributed by atoms with Crippen LogP contribution in [0.1, 0.15) is 38.8 Å².